The zero-order valence-corrected chi connectivity index (χ0v) is 22.5. The molecule has 0 saturated heterocycles. The molecule has 2 aromatic carbocycles. The second kappa shape index (κ2) is 12.0. The smallest absolute Gasteiger partial charge is 0.254 e. The van der Waals surface area contributed by atoms with E-state index < -0.39 is 0 Å². The molecule has 0 N–H and O–H groups in total. The van der Waals surface area contributed by atoms with Gasteiger partial charge in [0, 0.05) is 35.3 Å². The van der Waals surface area contributed by atoms with Gasteiger partial charge in [0.2, 0.25) is 0 Å². The van der Waals surface area contributed by atoms with Crippen molar-refractivity contribution < 1.29 is 9.59 Å². The molecule has 0 unspecified atom stereocenters. The minimum absolute atomic E-state index is 0.0788. The number of amides is 2. The molecule has 2 aliphatic heterocycles. The Hall–Kier alpha value is -2.62. The Bertz CT molecular complexity index is 920. The number of fused-ring (bicyclic) bond motifs is 2. The summed E-state index contributed by atoms with van der Waals surface area (Å²) >= 11 is 0. The Balaban J connectivity index is 0.000000288. The summed E-state index contributed by atoms with van der Waals surface area (Å²) < 4.78 is 0. The molecule has 0 spiro atoms. The van der Waals surface area contributed by atoms with Gasteiger partial charge in [-0.25, -0.2) is 0 Å². The second-order valence-corrected chi connectivity index (χ2v) is 9.75. The fourth-order valence-corrected chi connectivity index (χ4v) is 3.86. The highest BCUT2D eigenvalue weighted by Crippen LogP contribution is 2.28. The van der Waals surface area contributed by atoms with Crippen molar-refractivity contribution >= 4 is 11.8 Å². The third-order valence-corrected chi connectivity index (χ3v) is 5.54. The molecule has 4 nitrogen and oxygen atoms in total. The molecular weight excluding hydrogens is 408 g/mol. The van der Waals surface area contributed by atoms with Gasteiger partial charge >= 0.3 is 0 Å². The summed E-state index contributed by atoms with van der Waals surface area (Å²) in [5.74, 6) is 0.331. The summed E-state index contributed by atoms with van der Waals surface area (Å²) in [5.41, 5.74) is 3.90. The minimum atomic E-state index is -0.0872. The standard InChI is InChI=1S/C13H17NO.C12H15NO.2C2H6/c1-13(2,3)14-9-8-10-6-4-5-7-11(10)12(14)15;1-12(2,3)13-8-9-6-4-5-7-10(9)11(13)14;2*1-2/h4-7H,8-9H2,1-3H3;4-7H,8H2,1-3H3;2*1-2H3. The van der Waals surface area contributed by atoms with Crippen molar-refractivity contribution in [1.82, 2.24) is 9.80 Å². The van der Waals surface area contributed by atoms with Gasteiger partial charge in [-0.2, -0.15) is 0 Å². The lowest BCUT2D eigenvalue weighted by molar-refractivity contribution is 0.0560. The average molecular weight is 453 g/mol. The van der Waals surface area contributed by atoms with Crippen LogP contribution in [0.15, 0.2) is 48.5 Å². The molecule has 0 aliphatic carbocycles. The molecule has 0 atom stereocenters. The van der Waals surface area contributed by atoms with Crippen LogP contribution in [0.5, 0.6) is 0 Å². The maximum atomic E-state index is 12.2. The number of carbonyl (C=O) groups is 2. The van der Waals surface area contributed by atoms with Gasteiger partial charge in [0.05, 0.1) is 0 Å². The molecule has 0 radical (unpaired) electrons. The Kier molecular flexibility index (Phi) is 10.3. The van der Waals surface area contributed by atoms with E-state index in [1.165, 1.54) is 5.56 Å². The number of rotatable bonds is 0. The van der Waals surface area contributed by atoms with Gasteiger partial charge in [0.25, 0.3) is 11.8 Å². The van der Waals surface area contributed by atoms with E-state index in [1.54, 1.807) is 0 Å². The summed E-state index contributed by atoms with van der Waals surface area (Å²) in [6.45, 7) is 22.0. The summed E-state index contributed by atoms with van der Waals surface area (Å²) in [6.07, 6.45) is 0.971. The summed E-state index contributed by atoms with van der Waals surface area (Å²) in [7, 11) is 0. The molecule has 4 rings (SSSR count). The topological polar surface area (TPSA) is 40.6 Å². The summed E-state index contributed by atoms with van der Waals surface area (Å²) in [5, 5.41) is 0. The SMILES string of the molecule is CC.CC.CC(C)(C)N1CCc2ccccc2C1=O.CC(C)(C)N1Cc2ccccc2C1=O. The first-order valence-electron chi connectivity index (χ1n) is 12.3. The molecule has 0 bridgehead atoms. The van der Waals surface area contributed by atoms with Gasteiger partial charge in [0.1, 0.15) is 0 Å². The minimum Gasteiger partial charge on any atom is -0.333 e. The molecule has 4 heteroatoms. The molecular formula is C29H44N2O2. The first kappa shape index (κ1) is 28.4. The molecule has 2 heterocycles. The van der Waals surface area contributed by atoms with Crippen LogP contribution in [0.1, 0.15) is 101 Å². The van der Waals surface area contributed by atoms with Crippen LogP contribution in [0.3, 0.4) is 0 Å². The van der Waals surface area contributed by atoms with Crippen LogP contribution < -0.4 is 0 Å². The number of hydrogen-bond donors (Lipinski definition) is 0. The van der Waals surface area contributed by atoms with E-state index >= 15 is 0 Å². The zero-order chi connectivity index (χ0) is 25.4. The van der Waals surface area contributed by atoms with Crippen LogP contribution in [-0.4, -0.2) is 39.2 Å². The Morgan fingerprint density at radius 3 is 1.45 bits per heavy atom. The maximum Gasteiger partial charge on any atom is 0.254 e. The van der Waals surface area contributed by atoms with Gasteiger partial charge in [-0.3, -0.25) is 9.59 Å². The number of carbonyl (C=O) groups excluding carboxylic acids is 2. The van der Waals surface area contributed by atoms with Crippen LogP contribution in [0, 0.1) is 0 Å². The molecule has 182 valence electrons. The first-order valence-corrected chi connectivity index (χ1v) is 12.3. The predicted molar refractivity (Wildman–Crippen MR) is 140 cm³/mol. The van der Waals surface area contributed by atoms with Crippen molar-refractivity contribution in [1.29, 1.82) is 0 Å². The first-order chi connectivity index (χ1) is 15.5. The zero-order valence-electron chi connectivity index (χ0n) is 22.5. The van der Waals surface area contributed by atoms with Crippen molar-refractivity contribution in [2.75, 3.05) is 6.54 Å². The van der Waals surface area contributed by atoms with Gasteiger partial charge in [0.15, 0.2) is 0 Å². The molecule has 0 saturated carbocycles. The van der Waals surface area contributed by atoms with Crippen LogP contribution in [0.25, 0.3) is 0 Å². The van der Waals surface area contributed by atoms with E-state index in [-0.39, 0.29) is 22.9 Å². The quantitative estimate of drug-likeness (QED) is 0.433. The average Bonchev–Trinajstić information content (AvgIpc) is 3.14. The van der Waals surface area contributed by atoms with Gasteiger partial charge in [-0.15, -0.1) is 0 Å². The molecule has 0 aromatic heterocycles. The van der Waals surface area contributed by atoms with Crippen LogP contribution >= 0.6 is 0 Å². The monoisotopic (exact) mass is 452 g/mol. The molecule has 2 aromatic rings. The summed E-state index contributed by atoms with van der Waals surface area (Å²) in [6, 6.07) is 15.7. The van der Waals surface area contributed by atoms with Crippen LogP contribution in [0.4, 0.5) is 0 Å². The van der Waals surface area contributed by atoms with Crippen LogP contribution in [-0.2, 0) is 13.0 Å². The molecule has 2 amide bonds. The van der Waals surface area contributed by atoms with E-state index in [4.69, 9.17) is 0 Å². The predicted octanol–water partition coefficient (Wildman–Crippen LogP) is 6.98. The lowest BCUT2D eigenvalue weighted by Gasteiger charge is -2.39. The number of nitrogens with zero attached hydrogens (tertiary/aromatic N) is 2. The third kappa shape index (κ3) is 6.93. The Morgan fingerprint density at radius 1 is 0.606 bits per heavy atom. The van der Waals surface area contributed by atoms with E-state index in [1.807, 2.05) is 86.0 Å². The number of hydrogen-bond acceptors (Lipinski definition) is 2. The van der Waals surface area contributed by atoms with Gasteiger partial charge in [-0.05, 0) is 71.2 Å². The van der Waals surface area contributed by atoms with Crippen molar-refractivity contribution in [2.24, 2.45) is 0 Å². The lowest BCUT2D eigenvalue weighted by Crippen LogP contribution is -2.49. The molecule has 33 heavy (non-hydrogen) atoms. The Morgan fingerprint density at radius 2 is 1.00 bits per heavy atom. The fraction of sp³-hybridized carbons (Fsp3) is 0.517. The van der Waals surface area contributed by atoms with E-state index in [2.05, 4.69) is 41.5 Å². The number of benzene rings is 2. The van der Waals surface area contributed by atoms with Crippen molar-refractivity contribution in [3.05, 3.63) is 70.8 Å². The van der Waals surface area contributed by atoms with Crippen LogP contribution in [0.2, 0.25) is 0 Å². The van der Waals surface area contributed by atoms with Crippen molar-refractivity contribution in [3.63, 3.8) is 0 Å². The fourth-order valence-electron chi connectivity index (χ4n) is 3.86. The highest BCUT2D eigenvalue weighted by atomic mass is 16.2. The maximum absolute atomic E-state index is 12.2. The normalized spacial score (nSPS) is 14.6. The van der Waals surface area contributed by atoms with E-state index in [9.17, 15) is 9.59 Å². The largest absolute Gasteiger partial charge is 0.333 e. The lowest BCUT2D eigenvalue weighted by atomic mass is 9.94. The van der Waals surface area contributed by atoms with E-state index in [0.29, 0.717) is 0 Å². The van der Waals surface area contributed by atoms with Crippen molar-refractivity contribution in [2.45, 2.75) is 93.3 Å². The molecule has 2 aliphatic rings. The van der Waals surface area contributed by atoms with Crippen molar-refractivity contribution in [3.8, 4) is 0 Å². The highest BCUT2D eigenvalue weighted by molar-refractivity contribution is 5.98. The van der Waals surface area contributed by atoms with E-state index in [0.717, 1.165) is 36.2 Å². The second-order valence-electron chi connectivity index (χ2n) is 9.75. The van der Waals surface area contributed by atoms with Gasteiger partial charge in [-0.1, -0.05) is 64.1 Å². The third-order valence-electron chi connectivity index (χ3n) is 5.54. The highest BCUT2D eigenvalue weighted by Gasteiger charge is 2.34. The summed E-state index contributed by atoms with van der Waals surface area (Å²) in [4.78, 5) is 28.0. The Labute approximate surface area is 202 Å². The molecule has 0 fully saturated rings. The van der Waals surface area contributed by atoms with Gasteiger partial charge < -0.3 is 9.80 Å².